The maximum atomic E-state index is 11.7. The number of carbonyl (C=O) groups is 2. The van der Waals surface area contributed by atoms with Crippen molar-refractivity contribution < 1.29 is 14.3 Å². The maximum absolute atomic E-state index is 11.7. The van der Waals surface area contributed by atoms with Crippen LogP contribution in [0.5, 0.6) is 5.75 Å². The zero-order chi connectivity index (χ0) is 15.6. The van der Waals surface area contributed by atoms with Crippen LogP contribution in [0, 0.1) is 0 Å². The minimum atomic E-state index is -0.143. The number of para-hydroxylation sites is 1. The molecule has 0 saturated heterocycles. The van der Waals surface area contributed by atoms with E-state index in [9.17, 15) is 9.59 Å². The molecule has 2 aromatic rings. The van der Waals surface area contributed by atoms with E-state index < -0.39 is 0 Å². The number of hydrogen-bond acceptors (Lipinski definition) is 4. The van der Waals surface area contributed by atoms with Crippen LogP contribution in [0.25, 0.3) is 0 Å². The minimum absolute atomic E-state index is 0.108. The molecule has 1 heterocycles. The average molecular weight is 318 g/mol. The number of hydrogen-bond donors (Lipinski definition) is 2. The average Bonchev–Trinajstić information content (AvgIpc) is 3.07. The van der Waals surface area contributed by atoms with Crippen molar-refractivity contribution in [2.45, 2.75) is 6.42 Å². The Bertz CT molecular complexity index is 585. The maximum Gasteiger partial charge on any atom is 0.261 e. The Morgan fingerprint density at radius 2 is 1.82 bits per heavy atom. The fourth-order valence-electron chi connectivity index (χ4n) is 1.75. The van der Waals surface area contributed by atoms with Gasteiger partial charge in [-0.15, -0.1) is 11.3 Å². The normalized spacial score (nSPS) is 10.0. The van der Waals surface area contributed by atoms with E-state index in [1.807, 2.05) is 41.8 Å². The van der Waals surface area contributed by atoms with Gasteiger partial charge in [-0.1, -0.05) is 24.3 Å². The molecule has 2 rings (SSSR count). The van der Waals surface area contributed by atoms with Crippen LogP contribution in [-0.2, 0) is 4.79 Å². The first-order chi connectivity index (χ1) is 10.8. The van der Waals surface area contributed by atoms with Gasteiger partial charge in [0.15, 0.2) is 0 Å². The number of carbonyl (C=O) groups excluding carboxylic acids is 2. The van der Waals surface area contributed by atoms with Crippen LogP contribution in [0.4, 0.5) is 0 Å². The highest BCUT2D eigenvalue weighted by Gasteiger charge is 2.06. The molecule has 0 bridgehead atoms. The second-order valence-electron chi connectivity index (χ2n) is 4.49. The number of nitrogens with one attached hydrogen (secondary N) is 2. The lowest BCUT2D eigenvalue weighted by Gasteiger charge is -2.08. The molecule has 0 aliphatic carbocycles. The van der Waals surface area contributed by atoms with Crippen LogP contribution < -0.4 is 15.4 Å². The highest BCUT2D eigenvalue weighted by molar-refractivity contribution is 7.12. The molecular weight excluding hydrogens is 300 g/mol. The van der Waals surface area contributed by atoms with Gasteiger partial charge in [-0.3, -0.25) is 9.59 Å². The first-order valence-electron chi connectivity index (χ1n) is 7.02. The third-order valence-electron chi connectivity index (χ3n) is 2.82. The van der Waals surface area contributed by atoms with Crippen LogP contribution in [0.1, 0.15) is 16.1 Å². The van der Waals surface area contributed by atoms with E-state index in [1.54, 1.807) is 6.07 Å². The van der Waals surface area contributed by atoms with E-state index in [0.717, 1.165) is 5.75 Å². The van der Waals surface area contributed by atoms with E-state index in [0.29, 0.717) is 24.6 Å². The highest BCUT2D eigenvalue weighted by Crippen LogP contribution is 2.08. The van der Waals surface area contributed by atoms with Crippen LogP contribution >= 0.6 is 11.3 Å². The van der Waals surface area contributed by atoms with Crippen molar-refractivity contribution in [2.75, 3.05) is 19.7 Å². The fourth-order valence-corrected chi connectivity index (χ4v) is 2.39. The molecule has 0 spiro atoms. The van der Waals surface area contributed by atoms with Crippen LogP contribution in [-0.4, -0.2) is 31.5 Å². The van der Waals surface area contributed by atoms with Gasteiger partial charge < -0.3 is 15.4 Å². The predicted octanol–water partition coefficient (Wildman–Crippen LogP) is 2.06. The number of ether oxygens (including phenoxy) is 1. The fraction of sp³-hybridized carbons (Fsp3) is 0.250. The van der Waals surface area contributed by atoms with Crippen molar-refractivity contribution in [2.24, 2.45) is 0 Å². The molecule has 1 aromatic heterocycles. The monoisotopic (exact) mass is 318 g/mol. The van der Waals surface area contributed by atoms with Gasteiger partial charge in [0.2, 0.25) is 5.91 Å². The van der Waals surface area contributed by atoms with Gasteiger partial charge >= 0.3 is 0 Å². The van der Waals surface area contributed by atoms with Crippen molar-refractivity contribution in [1.82, 2.24) is 10.6 Å². The molecule has 0 unspecified atom stereocenters. The third-order valence-corrected chi connectivity index (χ3v) is 3.69. The van der Waals surface area contributed by atoms with Crippen molar-refractivity contribution >= 4 is 23.2 Å². The highest BCUT2D eigenvalue weighted by atomic mass is 32.1. The van der Waals surface area contributed by atoms with Crippen LogP contribution in [0.2, 0.25) is 0 Å². The molecule has 0 atom stereocenters. The van der Waals surface area contributed by atoms with Crippen molar-refractivity contribution in [3.63, 3.8) is 0 Å². The minimum Gasteiger partial charge on any atom is -0.492 e. The predicted molar refractivity (Wildman–Crippen MR) is 86.2 cm³/mol. The Morgan fingerprint density at radius 1 is 1.00 bits per heavy atom. The van der Waals surface area contributed by atoms with E-state index in [-0.39, 0.29) is 18.2 Å². The summed E-state index contributed by atoms with van der Waals surface area (Å²) in [6, 6.07) is 13.0. The van der Waals surface area contributed by atoms with E-state index in [2.05, 4.69) is 10.6 Å². The van der Waals surface area contributed by atoms with Gasteiger partial charge in [0.05, 0.1) is 11.4 Å². The molecule has 2 amide bonds. The first-order valence-corrected chi connectivity index (χ1v) is 7.90. The van der Waals surface area contributed by atoms with Crippen molar-refractivity contribution in [1.29, 1.82) is 0 Å². The molecule has 0 aliphatic heterocycles. The summed E-state index contributed by atoms with van der Waals surface area (Å²) >= 11 is 1.38. The van der Waals surface area contributed by atoms with Gasteiger partial charge in [0.1, 0.15) is 12.4 Å². The van der Waals surface area contributed by atoms with Gasteiger partial charge in [0, 0.05) is 13.0 Å². The zero-order valence-corrected chi connectivity index (χ0v) is 12.9. The van der Waals surface area contributed by atoms with Crippen molar-refractivity contribution in [3.8, 4) is 5.75 Å². The lowest BCUT2D eigenvalue weighted by atomic mass is 10.3. The van der Waals surface area contributed by atoms with Gasteiger partial charge in [-0.2, -0.15) is 0 Å². The van der Waals surface area contributed by atoms with E-state index >= 15 is 0 Å². The molecular formula is C16H18N2O3S. The third kappa shape index (κ3) is 5.57. The lowest BCUT2D eigenvalue weighted by molar-refractivity contribution is -0.121. The number of rotatable bonds is 8. The summed E-state index contributed by atoms with van der Waals surface area (Å²) in [4.78, 5) is 23.9. The van der Waals surface area contributed by atoms with Crippen LogP contribution in [0.3, 0.4) is 0 Å². The Kier molecular flexibility index (Phi) is 6.44. The van der Waals surface area contributed by atoms with E-state index in [4.69, 9.17) is 4.74 Å². The topological polar surface area (TPSA) is 67.4 Å². The van der Waals surface area contributed by atoms with Gasteiger partial charge in [0.25, 0.3) is 5.91 Å². The second-order valence-corrected chi connectivity index (χ2v) is 5.44. The Morgan fingerprint density at radius 3 is 2.55 bits per heavy atom. The summed E-state index contributed by atoms with van der Waals surface area (Å²) < 4.78 is 5.46. The zero-order valence-electron chi connectivity index (χ0n) is 12.1. The largest absolute Gasteiger partial charge is 0.492 e. The molecule has 116 valence electrons. The Hall–Kier alpha value is -2.34. The van der Waals surface area contributed by atoms with Gasteiger partial charge in [-0.25, -0.2) is 0 Å². The summed E-state index contributed by atoms with van der Waals surface area (Å²) in [5.74, 6) is 0.526. The molecule has 0 aliphatic rings. The second kappa shape index (κ2) is 8.84. The SMILES string of the molecule is O=C(CCNC(=O)c1cccs1)NCCOc1ccccc1. The van der Waals surface area contributed by atoms with Crippen molar-refractivity contribution in [3.05, 3.63) is 52.7 Å². The molecule has 0 radical (unpaired) electrons. The molecule has 6 heteroatoms. The summed E-state index contributed by atoms with van der Waals surface area (Å²) in [7, 11) is 0. The number of thiophene rings is 1. The van der Waals surface area contributed by atoms with Crippen LogP contribution in [0.15, 0.2) is 47.8 Å². The Balaban J connectivity index is 1.54. The first kappa shape index (κ1) is 16.0. The molecule has 2 N–H and O–H groups in total. The molecule has 0 saturated carbocycles. The molecule has 0 fully saturated rings. The van der Waals surface area contributed by atoms with Gasteiger partial charge in [-0.05, 0) is 23.6 Å². The lowest BCUT2D eigenvalue weighted by Crippen LogP contribution is -2.32. The summed E-state index contributed by atoms with van der Waals surface area (Å²) in [6.07, 6.45) is 0.252. The molecule has 1 aromatic carbocycles. The summed E-state index contributed by atoms with van der Waals surface area (Å²) in [5, 5.41) is 7.30. The van der Waals surface area contributed by atoms with E-state index in [1.165, 1.54) is 11.3 Å². The standard InChI is InChI=1S/C16H18N2O3S/c19-15(8-9-18-16(20)14-7-4-12-22-14)17-10-11-21-13-5-2-1-3-6-13/h1-7,12H,8-11H2,(H,17,19)(H,18,20). The Labute approximate surface area is 133 Å². The summed E-state index contributed by atoms with van der Waals surface area (Å²) in [5.41, 5.74) is 0. The smallest absolute Gasteiger partial charge is 0.261 e. The quantitative estimate of drug-likeness (QED) is 0.732. The summed E-state index contributed by atoms with van der Waals surface area (Å²) in [6.45, 7) is 1.17. The number of amides is 2. The molecule has 22 heavy (non-hydrogen) atoms. The number of benzene rings is 1. The molecule has 5 nitrogen and oxygen atoms in total.